The van der Waals surface area contributed by atoms with Crippen molar-refractivity contribution in [3.8, 4) is 0 Å². The molecule has 0 saturated heterocycles. The molecule has 3 amide bonds. The average Bonchev–Trinajstić information content (AvgIpc) is 2.92. The number of thiocarbonyl (C=S) groups is 1. The first-order chi connectivity index (χ1) is 18.6. The molecule has 11 heteroatoms. The Labute approximate surface area is 238 Å². The Kier molecular flexibility index (Phi) is 13.4. The van der Waals surface area contributed by atoms with E-state index in [4.69, 9.17) is 21.7 Å². The van der Waals surface area contributed by atoms with Crippen LogP contribution in [0.25, 0.3) is 0 Å². The summed E-state index contributed by atoms with van der Waals surface area (Å²) in [6.45, 7) is 5.85. The zero-order valence-corrected chi connectivity index (χ0v) is 24.1. The molecule has 0 fully saturated rings. The molecule has 39 heavy (non-hydrogen) atoms. The van der Waals surface area contributed by atoms with E-state index in [1.165, 1.54) is 7.11 Å². The molecule has 9 nitrogen and oxygen atoms in total. The minimum atomic E-state index is -1.23. The van der Waals surface area contributed by atoms with Crippen LogP contribution >= 0.6 is 24.0 Å². The molecule has 2 aromatic carbocycles. The van der Waals surface area contributed by atoms with E-state index in [1.54, 1.807) is 37.3 Å². The van der Waals surface area contributed by atoms with Gasteiger partial charge < -0.3 is 25.4 Å². The molecule has 0 radical (unpaired) electrons. The molecule has 210 valence electrons. The van der Waals surface area contributed by atoms with Crippen molar-refractivity contribution in [2.75, 3.05) is 13.7 Å². The van der Waals surface area contributed by atoms with Gasteiger partial charge in [-0.25, -0.2) is 4.79 Å². The second kappa shape index (κ2) is 16.5. The summed E-state index contributed by atoms with van der Waals surface area (Å²) >= 11 is 6.04. The molecule has 0 aliphatic carbocycles. The van der Waals surface area contributed by atoms with Gasteiger partial charge in [0.1, 0.15) is 12.1 Å². The predicted molar refractivity (Wildman–Crippen MR) is 155 cm³/mol. The fourth-order valence-corrected chi connectivity index (χ4v) is 4.73. The van der Waals surface area contributed by atoms with Gasteiger partial charge in [-0.2, -0.15) is 0 Å². The van der Waals surface area contributed by atoms with Gasteiger partial charge in [0.25, 0.3) is 11.8 Å². The molecule has 1 unspecified atom stereocenters. The molecule has 2 aromatic rings. The van der Waals surface area contributed by atoms with Gasteiger partial charge >= 0.3 is 5.97 Å². The van der Waals surface area contributed by atoms with Crippen LogP contribution < -0.4 is 16.0 Å². The van der Waals surface area contributed by atoms with E-state index in [9.17, 15) is 19.2 Å². The maximum atomic E-state index is 13.4. The molecule has 0 saturated carbocycles. The molecule has 3 N–H and O–H groups in total. The van der Waals surface area contributed by atoms with Crippen LogP contribution in [0.4, 0.5) is 0 Å². The van der Waals surface area contributed by atoms with Crippen LogP contribution in [0, 0.1) is 5.92 Å². The van der Waals surface area contributed by atoms with Crippen LogP contribution in [0.2, 0.25) is 0 Å². The Morgan fingerprint density at radius 2 is 1.49 bits per heavy atom. The molecule has 2 rings (SSSR count). The number of carbonyl (C=O) groups excluding carboxylic acids is 4. The first-order valence-corrected chi connectivity index (χ1v) is 13.8. The summed E-state index contributed by atoms with van der Waals surface area (Å²) in [6.07, 6.45) is 0.516. The predicted octanol–water partition coefficient (Wildman–Crippen LogP) is 3.23. The highest BCUT2D eigenvalue weighted by atomic mass is 32.2. The van der Waals surface area contributed by atoms with Gasteiger partial charge in [-0.1, -0.05) is 62.4 Å². The Morgan fingerprint density at radius 3 is 2.05 bits per heavy atom. The Bertz CT molecular complexity index is 1110. The summed E-state index contributed by atoms with van der Waals surface area (Å²) in [6, 6.07) is 15.7. The normalized spacial score (nSPS) is 12.9. The number of rotatable bonds is 13. The van der Waals surface area contributed by atoms with Crippen molar-refractivity contribution in [1.29, 1.82) is 0 Å². The van der Waals surface area contributed by atoms with Gasteiger partial charge in [-0.3, -0.25) is 14.4 Å². The summed E-state index contributed by atoms with van der Waals surface area (Å²) in [4.78, 5) is 52.0. The second-order valence-corrected chi connectivity index (χ2v) is 10.7. The second-order valence-electron chi connectivity index (χ2n) is 8.99. The molecule has 3 atom stereocenters. The van der Waals surface area contributed by atoms with Crippen molar-refractivity contribution in [2.45, 2.75) is 51.1 Å². The Hall–Kier alpha value is -3.44. The lowest BCUT2D eigenvalue weighted by Gasteiger charge is -2.25. The first kappa shape index (κ1) is 31.8. The highest BCUT2D eigenvalue weighted by molar-refractivity contribution is 8.23. The van der Waals surface area contributed by atoms with Gasteiger partial charge in [0.15, 0.2) is 5.37 Å². The average molecular weight is 574 g/mol. The van der Waals surface area contributed by atoms with E-state index in [2.05, 4.69) is 16.0 Å². The van der Waals surface area contributed by atoms with Gasteiger partial charge in [-0.15, -0.1) is 0 Å². The summed E-state index contributed by atoms with van der Waals surface area (Å²) < 4.78 is 10.3. The maximum Gasteiger partial charge on any atom is 0.328 e. The van der Waals surface area contributed by atoms with E-state index >= 15 is 0 Å². The highest BCUT2D eigenvalue weighted by Crippen LogP contribution is 2.16. The van der Waals surface area contributed by atoms with Gasteiger partial charge in [0, 0.05) is 12.0 Å². The Morgan fingerprint density at radius 1 is 0.872 bits per heavy atom. The summed E-state index contributed by atoms with van der Waals surface area (Å²) in [5, 5.41) is 6.86. The minimum Gasteiger partial charge on any atom is -0.479 e. The SMILES string of the molecule is CCOC(=S)SC(NC(=O)[C@H](CC(C)C)NC(=O)c1ccccc1)C(=O)N[C@@H](Cc1ccccc1)C(=O)OC. The molecule has 0 aromatic heterocycles. The molecule has 0 bridgehead atoms. The number of benzene rings is 2. The highest BCUT2D eigenvalue weighted by Gasteiger charge is 2.32. The van der Waals surface area contributed by atoms with Crippen LogP contribution in [0.5, 0.6) is 0 Å². The number of methoxy groups -OCH3 is 1. The van der Waals surface area contributed by atoms with Crippen LogP contribution in [0.3, 0.4) is 0 Å². The molecular weight excluding hydrogens is 538 g/mol. The van der Waals surface area contributed by atoms with Crippen LogP contribution in [-0.4, -0.2) is 59.2 Å². The standard InChI is InChI=1S/C28H35N3O6S2/c1-5-37-28(38)39-26(25(34)30-22(27(35)36-4)17-19-12-8-6-9-13-19)31-24(33)21(16-18(2)3)29-23(32)20-14-10-7-11-15-20/h6-15,18,21-22,26H,5,16-17H2,1-4H3,(H,29,32)(H,30,34)(H,31,33)/t21-,22-,26?/m0/s1. The van der Waals surface area contributed by atoms with E-state index < -0.39 is 41.1 Å². The van der Waals surface area contributed by atoms with Crippen molar-refractivity contribution in [2.24, 2.45) is 5.92 Å². The molecule has 0 aliphatic heterocycles. The van der Waals surface area contributed by atoms with E-state index in [-0.39, 0.29) is 23.3 Å². The number of thioether (sulfide) groups is 1. The van der Waals surface area contributed by atoms with E-state index in [0.29, 0.717) is 12.0 Å². The summed E-state index contributed by atoms with van der Waals surface area (Å²) in [7, 11) is 1.23. The van der Waals surface area contributed by atoms with Gasteiger partial charge in [0.05, 0.1) is 13.7 Å². The molecule has 0 spiro atoms. The number of amides is 3. The van der Waals surface area contributed by atoms with Crippen molar-refractivity contribution in [1.82, 2.24) is 16.0 Å². The quantitative estimate of drug-likeness (QED) is 0.190. The lowest BCUT2D eigenvalue weighted by atomic mass is 10.0. The van der Waals surface area contributed by atoms with Crippen molar-refractivity contribution in [3.63, 3.8) is 0 Å². The number of nitrogens with one attached hydrogen (secondary N) is 3. The monoisotopic (exact) mass is 573 g/mol. The zero-order valence-electron chi connectivity index (χ0n) is 22.5. The number of hydrogen-bond acceptors (Lipinski definition) is 8. The lowest BCUT2D eigenvalue weighted by Crippen LogP contribution is -2.55. The maximum absolute atomic E-state index is 13.4. The minimum absolute atomic E-state index is 0.0457. The molecular formula is C28H35N3O6S2. The third-order valence-corrected chi connectivity index (χ3v) is 6.72. The molecule has 0 heterocycles. The van der Waals surface area contributed by atoms with E-state index in [1.807, 2.05) is 44.2 Å². The zero-order chi connectivity index (χ0) is 28.8. The van der Waals surface area contributed by atoms with Crippen LogP contribution in [0.15, 0.2) is 60.7 Å². The fraction of sp³-hybridized carbons (Fsp3) is 0.393. The smallest absolute Gasteiger partial charge is 0.328 e. The Balaban J connectivity index is 2.24. The summed E-state index contributed by atoms with van der Waals surface area (Å²) in [5.41, 5.74) is 1.22. The van der Waals surface area contributed by atoms with Gasteiger partial charge in [0.2, 0.25) is 10.3 Å². The van der Waals surface area contributed by atoms with E-state index in [0.717, 1.165) is 17.3 Å². The van der Waals surface area contributed by atoms with Crippen LogP contribution in [-0.2, 0) is 30.3 Å². The van der Waals surface area contributed by atoms with Crippen molar-refractivity contribution >= 4 is 52.1 Å². The van der Waals surface area contributed by atoms with Crippen molar-refractivity contribution in [3.05, 3.63) is 71.8 Å². The third-order valence-electron chi connectivity index (χ3n) is 5.44. The number of esters is 1. The van der Waals surface area contributed by atoms with Crippen molar-refractivity contribution < 1.29 is 28.7 Å². The third kappa shape index (κ3) is 11.1. The molecule has 0 aliphatic rings. The fourth-order valence-electron chi connectivity index (χ4n) is 3.59. The number of ether oxygens (including phenoxy) is 2. The largest absolute Gasteiger partial charge is 0.479 e. The number of carbonyl (C=O) groups is 4. The number of hydrogen-bond donors (Lipinski definition) is 3. The lowest BCUT2D eigenvalue weighted by molar-refractivity contribution is -0.145. The van der Waals surface area contributed by atoms with Gasteiger partial charge in [-0.05, 0) is 60.9 Å². The first-order valence-electron chi connectivity index (χ1n) is 12.6. The van der Waals surface area contributed by atoms with Crippen LogP contribution in [0.1, 0.15) is 43.1 Å². The topological polar surface area (TPSA) is 123 Å². The summed E-state index contributed by atoms with van der Waals surface area (Å²) in [5.74, 6) is -2.22.